The van der Waals surface area contributed by atoms with E-state index in [1.54, 1.807) is 30.2 Å². The Morgan fingerprint density at radius 2 is 2.12 bits per heavy atom. The van der Waals surface area contributed by atoms with Crippen LogP contribution in [-0.2, 0) is 4.79 Å². The van der Waals surface area contributed by atoms with E-state index in [9.17, 15) is 9.59 Å². The number of amides is 2. The molecule has 1 aliphatic heterocycles. The lowest BCUT2D eigenvalue weighted by molar-refractivity contribution is -0.115. The maximum absolute atomic E-state index is 11.7. The molecule has 0 radical (unpaired) electrons. The zero-order chi connectivity index (χ0) is 17.4. The van der Waals surface area contributed by atoms with Gasteiger partial charge in [-0.05, 0) is 41.8 Å². The second kappa shape index (κ2) is 6.42. The molecule has 2 aromatic heterocycles. The molecule has 0 saturated carbocycles. The number of nitrogens with zero attached hydrogens (tertiary/aromatic N) is 1. The molecule has 0 atom stereocenters. The number of benzene rings is 1. The van der Waals surface area contributed by atoms with Gasteiger partial charge in [-0.25, -0.2) is 0 Å². The van der Waals surface area contributed by atoms with Crippen molar-refractivity contribution in [2.24, 2.45) is 0 Å². The first kappa shape index (κ1) is 16.0. The number of fused-ring (bicyclic) bond motifs is 1. The van der Waals surface area contributed by atoms with Crippen LogP contribution in [0.3, 0.4) is 0 Å². The Balaban J connectivity index is 1.80. The van der Waals surface area contributed by atoms with Crippen LogP contribution in [0.1, 0.15) is 5.76 Å². The summed E-state index contributed by atoms with van der Waals surface area (Å²) in [6, 6.07) is 9.95. The van der Waals surface area contributed by atoms with E-state index in [1.807, 2.05) is 30.5 Å². The lowest BCUT2D eigenvalue weighted by atomic mass is 10.1. The van der Waals surface area contributed by atoms with Crippen molar-refractivity contribution >= 4 is 51.7 Å². The van der Waals surface area contributed by atoms with E-state index in [-0.39, 0.29) is 5.24 Å². The van der Waals surface area contributed by atoms with E-state index >= 15 is 0 Å². The predicted molar refractivity (Wildman–Crippen MR) is 100 cm³/mol. The molecular formula is C18H12N2O3S2. The second-order valence-corrected chi connectivity index (χ2v) is 7.23. The van der Waals surface area contributed by atoms with Crippen LogP contribution in [0, 0.1) is 0 Å². The van der Waals surface area contributed by atoms with Crippen molar-refractivity contribution in [1.82, 2.24) is 10.3 Å². The number of hydrogen-bond donors (Lipinski definition) is 1. The second-order valence-electron chi connectivity index (χ2n) is 5.34. The maximum atomic E-state index is 11.7. The lowest BCUT2D eigenvalue weighted by Gasteiger charge is -2.04. The van der Waals surface area contributed by atoms with Gasteiger partial charge in [0.25, 0.3) is 11.1 Å². The van der Waals surface area contributed by atoms with Gasteiger partial charge in [0.15, 0.2) is 0 Å². The van der Waals surface area contributed by atoms with Crippen molar-refractivity contribution in [2.45, 2.75) is 4.90 Å². The zero-order valence-electron chi connectivity index (χ0n) is 13.1. The van der Waals surface area contributed by atoms with Gasteiger partial charge in [0.2, 0.25) is 0 Å². The van der Waals surface area contributed by atoms with E-state index in [1.165, 1.54) is 0 Å². The molecule has 25 heavy (non-hydrogen) atoms. The molecule has 1 aromatic carbocycles. The van der Waals surface area contributed by atoms with E-state index < -0.39 is 5.91 Å². The van der Waals surface area contributed by atoms with E-state index in [4.69, 9.17) is 4.42 Å². The van der Waals surface area contributed by atoms with Gasteiger partial charge in [0.1, 0.15) is 11.3 Å². The summed E-state index contributed by atoms with van der Waals surface area (Å²) in [6.07, 6.45) is 7.09. The fraction of sp³-hybridized carbons (Fsp3) is 0.0556. The van der Waals surface area contributed by atoms with Crippen LogP contribution in [0.25, 0.3) is 28.2 Å². The Labute approximate surface area is 151 Å². The van der Waals surface area contributed by atoms with Gasteiger partial charge in [0, 0.05) is 34.3 Å². The van der Waals surface area contributed by atoms with Crippen LogP contribution >= 0.6 is 23.5 Å². The molecule has 1 N–H and O–H groups in total. The predicted octanol–water partition coefficient (Wildman–Crippen LogP) is 4.54. The Kier molecular flexibility index (Phi) is 4.10. The van der Waals surface area contributed by atoms with Crippen molar-refractivity contribution in [3.05, 3.63) is 53.4 Å². The molecule has 1 fully saturated rings. The zero-order valence-corrected chi connectivity index (χ0v) is 14.7. The monoisotopic (exact) mass is 368 g/mol. The van der Waals surface area contributed by atoms with Crippen LogP contribution < -0.4 is 5.32 Å². The van der Waals surface area contributed by atoms with E-state index in [0.717, 1.165) is 33.2 Å². The SMILES string of the molecule is CSc1cccc(-c2cncc3cc(/C=C4\SC(=O)NC4=O)oc23)c1. The third-order valence-electron chi connectivity index (χ3n) is 3.74. The minimum absolute atomic E-state index is 0.322. The molecule has 0 aliphatic carbocycles. The first-order chi connectivity index (χ1) is 12.1. The van der Waals surface area contributed by atoms with Gasteiger partial charge < -0.3 is 4.42 Å². The van der Waals surface area contributed by atoms with Crippen molar-refractivity contribution in [3.63, 3.8) is 0 Å². The summed E-state index contributed by atoms with van der Waals surface area (Å²) in [4.78, 5) is 28.7. The van der Waals surface area contributed by atoms with Crippen LogP contribution in [0.4, 0.5) is 4.79 Å². The fourth-order valence-electron chi connectivity index (χ4n) is 2.60. The largest absolute Gasteiger partial charge is 0.456 e. The maximum Gasteiger partial charge on any atom is 0.290 e. The van der Waals surface area contributed by atoms with Crippen molar-refractivity contribution < 1.29 is 14.0 Å². The Hall–Kier alpha value is -2.51. The topological polar surface area (TPSA) is 72.2 Å². The number of imide groups is 1. The minimum Gasteiger partial charge on any atom is -0.456 e. The number of carbonyl (C=O) groups excluding carboxylic acids is 2. The highest BCUT2D eigenvalue weighted by Gasteiger charge is 2.25. The highest BCUT2D eigenvalue weighted by atomic mass is 32.2. The summed E-state index contributed by atoms with van der Waals surface area (Å²) in [5.74, 6) is 0.110. The average Bonchev–Trinajstić information content (AvgIpc) is 3.17. The van der Waals surface area contributed by atoms with Crippen LogP contribution in [-0.4, -0.2) is 22.4 Å². The molecule has 0 unspecified atom stereocenters. The molecule has 0 bridgehead atoms. The standard InChI is InChI=1S/C18H12N2O3S2/c1-24-13-4-2-3-10(6-13)14-9-19-8-11-5-12(23-16(11)14)7-15-17(21)20-18(22)25-15/h2-9H,1H3,(H,20,21,22)/b15-7-. The first-order valence-electron chi connectivity index (χ1n) is 7.41. The number of furan rings is 1. The van der Waals surface area contributed by atoms with Crippen molar-refractivity contribution in [2.75, 3.05) is 6.26 Å². The number of rotatable bonds is 3. The molecule has 2 amide bonds. The third kappa shape index (κ3) is 3.08. The highest BCUT2D eigenvalue weighted by molar-refractivity contribution is 8.18. The minimum atomic E-state index is -0.401. The van der Waals surface area contributed by atoms with Crippen LogP contribution in [0.15, 0.2) is 56.9 Å². The van der Waals surface area contributed by atoms with Crippen molar-refractivity contribution in [3.8, 4) is 11.1 Å². The summed E-state index contributed by atoms with van der Waals surface area (Å²) >= 11 is 2.54. The first-order valence-corrected chi connectivity index (χ1v) is 9.45. The van der Waals surface area contributed by atoms with Gasteiger partial charge in [-0.3, -0.25) is 19.9 Å². The van der Waals surface area contributed by atoms with E-state index in [0.29, 0.717) is 16.2 Å². The van der Waals surface area contributed by atoms with Gasteiger partial charge >= 0.3 is 0 Å². The molecule has 3 aromatic rings. The van der Waals surface area contributed by atoms with E-state index in [2.05, 4.69) is 16.4 Å². The molecule has 1 aliphatic rings. The summed E-state index contributed by atoms with van der Waals surface area (Å²) in [6.45, 7) is 0. The van der Waals surface area contributed by atoms with Gasteiger partial charge in [0.05, 0.1) is 4.91 Å². The number of nitrogens with one attached hydrogen (secondary N) is 1. The number of carbonyl (C=O) groups is 2. The molecule has 7 heteroatoms. The molecule has 1 saturated heterocycles. The average molecular weight is 368 g/mol. The summed E-state index contributed by atoms with van der Waals surface area (Å²) in [5.41, 5.74) is 2.61. The molecule has 4 rings (SSSR count). The molecule has 3 heterocycles. The molecule has 124 valence electrons. The summed E-state index contributed by atoms with van der Waals surface area (Å²) in [5, 5.41) is 2.70. The van der Waals surface area contributed by atoms with Crippen molar-refractivity contribution in [1.29, 1.82) is 0 Å². The Morgan fingerprint density at radius 1 is 1.24 bits per heavy atom. The van der Waals surface area contributed by atoms with Crippen LogP contribution in [0.2, 0.25) is 0 Å². The number of aromatic nitrogens is 1. The third-order valence-corrected chi connectivity index (χ3v) is 5.27. The molecular weight excluding hydrogens is 356 g/mol. The fourth-order valence-corrected chi connectivity index (χ4v) is 3.72. The van der Waals surface area contributed by atoms with Gasteiger partial charge in [-0.15, -0.1) is 11.8 Å². The highest BCUT2D eigenvalue weighted by Crippen LogP contribution is 2.33. The summed E-state index contributed by atoms with van der Waals surface area (Å²) in [7, 11) is 0. The number of hydrogen-bond acceptors (Lipinski definition) is 6. The lowest BCUT2D eigenvalue weighted by Crippen LogP contribution is -2.17. The van der Waals surface area contributed by atoms with Gasteiger partial charge in [-0.2, -0.15) is 0 Å². The summed E-state index contributed by atoms with van der Waals surface area (Å²) < 4.78 is 5.94. The van der Waals surface area contributed by atoms with Crippen LogP contribution in [0.5, 0.6) is 0 Å². The number of pyridine rings is 1. The Morgan fingerprint density at radius 3 is 2.88 bits per heavy atom. The van der Waals surface area contributed by atoms with Gasteiger partial charge in [-0.1, -0.05) is 12.1 Å². The normalized spacial score (nSPS) is 16.0. The molecule has 0 spiro atoms. The smallest absolute Gasteiger partial charge is 0.290 e. The number of thioether (sulfide) groups is 2. The molecule has 5 nitrogen and oxygen atoms in total. The Bertz CT molecular complexity index is 1040. The quantitative estimate of drug-likeness (QED) is 0.540.